The zero-order valence-electron chi connectivity index (χ0n) is 13.0. The molecule has 2 heterocycles. The van der Waals surface area contributed by atoms with Gasteiger partial charge >= 0.3 is 0 Å². The monoisotopic (exact) mass is 285 g/mol. The summed E-state index contributed by atoms with van der Waals surface area (Å²) in [4.78, 5) is 4.16. The number of nitrogens with one attached hydrogen (secondary N) is 1. The highest BCUT2D eigenvalue weighted by Gasteiger charge is 2.21. The van der Waals surface area contributed by atoms with Crippen LogP contribution in [0.5, 0.6) is 0 Å². The first-order valence-corrected chi connectivity index (χ1v) is 7.53. The molecule has 1 fully saturated rings. The SMILES string of the molecule is CN[C@H]1CCN(Cc2cnn(-c3cc(C)cc(C)c3)n2)C1. The second-order valence-corrected chi connectivity index (χ2v) is 5.98. The van der Waals surface area contributed by atoms with Gasteiger partial charge in [-0.25, -0.2) is 0 Å². The van der Waals surface area contributed by atoms with Crippen molar-refractivity contribution in [3.05, 3.63) is 41.2 Å². The molecule has 0 unspecified atom stereocenters. The third kappa shape index (κ3) is 3.31. The quantitative estimate of drug-likeness (QED) is 0.928. The number of benzene rings is 1. The summed E-state index contributed by atoms with van der Waals surface area (Å²) in [6, 6.07) is 7.00. The molecule has 0 saturated carbocycles. The lowest BCUT2D eigenvalue weighted by Gasteiger charge is -2.13. The van der Waals surface area contributed by atoms with Gasteiger partial charge in [0.25, 0.3) is 0 Å². The summed E-state index contributed by atoms with van der Waals surface area (Å²) in [6.45, 7) is 7.30. The number of rotatable bonds is 4. The normalized spacial score (nSPS) is 19.3. The number of likely N-dealkylation sites (tertiary alicyclic amines) is 1. The Balaban J connectivity index is 1.71. The van der Waals surface area contributed by atoms with Crippen LogP contribution < -0.4 is 5.32 Å². The van der Waals surface area contributed by atoms with Gasteiger partial charge in [-0.05, 0) is 50.6 Å². The molecule has 112 valence electrons. The van der Waals surface area contributed by atoms with Crippen molar-refractivity contribution in [2.75, 3.05) is 20.1 Å². The molecular weight excluding hydrogens is 262 g/mol. The Hall–Kier alpha value is -1.72. The van der Waals surface area contributed by atoms with E-state index < -0.39 is 0 Å². The van der Waals surface area contributed by atoms with Crippen LogP contribution in [0.25, 0.3) is 5.69 Å². The second-order valence-electron chi connectivity index (χ2n) is 5.98. The maximum absolute atomic E-state index is 4.62. The fraction of sp³-hybridized carbons (Fsp3) is 0.500. The van der Waals surface area contributed by atoms with E-state index in [1.54, 1.807) is 4.80 Å². The average molecular weight is 285 g/mol. The third-order valence-electron chi connectivity index (χ3n) is 4.04. The standard InChI is InChI=1S/C16H23N5/c1-12-6-13(2)8-16(7-12)21-18-9-15(19-21)11-20-5-4-14(10-20)17-3/h6-9,14,17H,4-5,10-11H2,1-3H3/t14-/m0/s1. The van der Waals surface area contributed by atoms with E-state index in [-0.39, 0.29) is 0 Å². The fourth-order valence-electron chi connectivity index (χ4n) is 3.00. The first-order chi connectivity index (χ1) is 10.1. The van der Waals surface area contributed by atoms with E-state index in [1.165, 1.54) is 17.5 Å². The summed E-state index contributed by atoms with van der Waals surface area (Å²) in [5, 5.41) is 12.4. The molecule has 0 bridgehead atoms. The number of hydrogen-bond donors (Lipinski definition) is 1. The van der Waals surface area contributed by atoms with Gasteiger partial charge in [-0.1, -0.05) is 6.07 Å². The predicted octanol–water partition coefficient (Wildman–Crippen LogP) is 1.68. The van der Waals surface area contributed by atoms with E-state index in [2.05, 4.69) is 52.5 Å². The van der Waals surface area contributed by atoms with Gasteiger partial charge in [0.05, 0.1) is 17.6 Å². The van der Waals surface area contributed by atoms with E-state index in [1.807, 2.05) is 13.2 Å². The van der Waals surface area contributed by atoms with Crippen molar-refractivity contribution < 1.29 is 0 Å². The lowest BCUT2D eigenvalue weighted by Crippen LogP contribution is -2.29. The molecule has 0 amide bonds. The second kappa shape index (κ2) is 5.95. The van der Waals surface area contributed by atoms with Gasteiger partial charge in [-0.15, -0.1) is 0 Å². The molecule has 1 aliphatic rings. The molecule has 0 spiro atoms. The first-order valence-electron chi connectivity index (χ1n) is 7.53. The van der Waals surface area contributed by atoms with Crippen molar-refractivity contribution >= 4 is 0 Å². The average Bonchev–Trinajstić information content (AvgIpc) is 3.07. The Kier molecular flexibility index (Phi) is 4.03. The van der Waals surface area contributed by atoms with Crippen molar-refractivity contribution in [1.29, 1.82) is 0 Å². The lowest BCUT2D eigenvalue weighted by atomic mass is 10.1. The molecule has 3 rings (SSSR count). The highest BCUT2D eigenvalue weighted by Crippen LogP contribution is 2.14. The van der Waals surface area contributed by atoms with Crippen LogP contribution in [0.3, 0.4) is 0 Å². The molecular formula is C16H23N5. The molecule has 1 aromatic carbocycles. The van der Waals surface area contributed by atoms with Crippen LogP contribution in [0.15, 0.2) is 24.4 Å². The van der Waals surface area contributed by atoms with Gasteiger partial charge < -0.3 is 5.32 Å². The first kappa shape index (κ1) is 14.2. The van der Waals surface area contributed by atoms with E-state index in [9.17, 15) is 0 Å². The van der Waals surface area contributed by atoms with Crippen LogP contribution in [0.1, 0.15) is 23.2 Å². The van der Waals surface area contributed by atoms with Crippen molar-refractivity contribution in [1.82, 2.24) is 25.2 Å². The van der Waals surface area contributed by atoms with Crippen molar-refractivity contribution in [2.24, 2.45) is 0 Å². The minimum atomic E-state index is 0.611. The van der Waals surface area contributed by atoms with Crippen LogP contribution in [0.2, 0.25) is 0 Å². The summed E-state index contributed by atoms with van der Waals surface area (Å²) in [5.41, 5.74) is 4.54. The van der Waals surface area contributed by atoms with Crippen LogP contribution in [-0.2, 0) is 6.54 Å². The van der Waals surface area contributed by atoms with Crippen molar-refractivity contribution in [3.63, 3.8) is 0 Å². The smallest absolute Gasteiger partial charge is 0.0971 e. The summed E-state index contributed by atoms with van der Waals surface area (Å²) in [6.07, 6.45) is 3.09. The zero-order chi connectivity index (χ0) is 14.8. The van der Waals surface area contributed by atoms with Gasteiger partial charge in [-0.2, -0.15) is 15.0 Å². The van der Waals surface area contributed by atoms with Crippen molar-refractivity contribution in [3.8, 4) is 5.69 Å². The molecule has 1 aromatic heterocycles. The maximum atomic E-state index is 4.62. The Morgan fingerprint density at radius 3 is 2.67 bits per heavy atom. The molecule has 1 aliphatic heterocycles. The third-order valence-corrected chi connectivity index (χ3v) is 4.04. The Morgan fingerprint density at radius 2 is 2.00 bits per heavy atom. The summed E-state index contributed by atoms with van der Waals surface area (Å²) >= 11 is 0. The van der Waals surface area contributed by atoms with Gasteiger partial charge in [-0.3, -0.25) is 4.90 Å². The van der Waals surface area contributed by atoms with Crippen LogP contribution in [0, 0.1) is 13.8 Å². The molecule has 5 heteroatoms. The largest absolute Gasteiger partial charge is 0.316 e. The Bertz CT molecular complexity index is 599. The summed E-state index contributed by atoms with van der Waals surface area (Å²) < 4.78 is 0. The molecule has 2 aromatic rings. The molecule has 1 N–H and O–H groups in total. The molecule has 0 radical (unpaired) electrons. The molecule has 1 saturated heterocycles. The molecule has 0 aliphatic carbocycles. The number of nitrogens with zero attached hydrogens (tertiary/aromatic N) is 4. The number of likely N-dealkylation sites (N-methyl/N-ethyl adjacent to an activating group) is 1. The minimum Gasteiger partial charge on any atom is -0.316 e. The van der Waals surface area contributed by atoms with Crippen molar-refractivity contribution in [2.45, 2.75) is 32.9 Å². The van der Waals surface area contributed by atoms with Gasteiger partial charge in [0.15, 0.2) is 0 Å². The minimum absolute atomic E-state index is 0.611. The van der Waals surface area contributed by atoms with E-state index >= 15 is 0 Å². The van der Waals surface area contributed by atoms with Gasteiger partial charge in [0.1, 0.15) is 0 Å². The van der Waals surface area contributed by atoms with Gasteiger partial charge in [0, 0.05) is 25.7 Å². The zero-order valence-corrected chi connectivity index (χ0v) is 13.0. The summed E-state index contributed by atoms with van der Waals surface area (Å²) in [5.74, 6) is 0. The topological polar surface area (TPSA) is 46.0 Å². The van der Waals surface area contributed by atoms with E-state index in [0.717, 1.165) is 31.0 Å². The molecule has 5 nitrogen and oxygen atoms in total. The highest BCUT2D eigenvalue weighted by molar-refractivity contribution is 5.37. The Morgan fingerprint density at radius 1 is 1.24 bits per heavy atom. The lowest BCUT2D eigenvalue weighted by molar-refractivity contribution is 0.318. The van der Waals surface area contributed by atoms with E-state index in [0.29, 0.717) is 6.04 Å². The number of aryl methyl sites for hydroxylation is 2. The fourth-order valence-corrected chi connectivity index (χ4v) is 3.00. The predicted molar refractivity (Wildman–Crippen MR) is 83.6 cm³/mol. The van der Waals surface area contributed by atoms with Crippen LogP contribution in [-0.4, -0.2) is 46.1 Å². The van der Waals surface area contributed by atoms with Gasteiger partial charge in [0.2, 0.25) is 0 Å². The summed E-state index contributed by atoms with van der Waals surface area (Å²) in [7, 11) is 2.03. The number of hydrogen-bond acceptors (Lipinski definition) is 4. The molecule has 1 atom stereocenters. The van der Waals surface area contributed by atoms with Crippen LogP contribution >= 0.6 is 0 Å². The van der Waals surface area contributed by atoms with Crippen LogP contribution in [0.4, 0.5) is 0 Å². The number of aromatic nitrogens is 3. The van der Waals surface area contributed by atoms with E-state index in [4.69, 9.17) is 0 Å². The maximum Gasteiger partial charge on any atom is 0.0971 e. The highest BCUT2D eigenvalue weighted by atomic mass is 15.5. The molecule has 21 heavy (non-hydrogen) atoms. The Labute approximate surface area is 126 Å².